The first-order chi connectivity index (χ1) is 12.3. The molecule has 0 bridgehead atoms. The molecule has 2 aromatic carbocycles. The molecule has 1 N–H and O–H groups in total. The van der Waals surface area contributed by atoms with E-state index in [9.17, 15) is 22.4 Å². The second-order valence-corrected chi connectivity index (χ2v) is 5.68. The lowest BCUT2D eigenvalue weighted by atomic mass is 10.2. The van der Waals surface area contributed by atoms with Gasteiger partial charge in [-0.2, -0.15) is 18.3 Å². The first-order valence-corrected chi connectivity index (χ1v) is 7.61. The van der Waals surface area contributed by atoms with Gasteiger partial charge in [0.05, 0.1) is 33.7 Å². The Labute approximate surface area is 150 Å². The third kappa shape index (κ3) is 3.70. The van der Waals surface area contributed by atoms with E-state index in [-0.39, 0.29) is 5.56 Å². The van der Waals surface area contributed by atoms with Gasteiger partial charge in [0.25, 0.3) is 5.91 Å². The molecule has 1 amide bonds. The first-order valence-electron chi connectivity index (χ1n) is 7.23. The van der Waals surface area contributed by atoms with Crippen molar-refractivity contribution >= 4 is 23.2 Å². The van der Waals surface area contributed by atoms with Gasteiger partial charge in [0.2, 0.25) is 0 Å². The van der Waals surface area contributed by atoms with Crippen molar-refractivity contribution in [3.63, 3.8) is 0 Å². The number of hydrogen-bond acceptors (Lipinski definition) is 2. The van der Waals surface area contributed by atoms with Crippen molar-refractivity contribution in [1.82, 2.24) is 9.78 Å². The highest BCUT2D eigenvalue weighted by molar-refractivity contribution is 6.32. The van der Waals surface area contributed by atoms with Crippen LogP contribution in [0.15, 0.2) is 54.9 Å². The number of aromatic nitrogens is 2. The molecule has 0 fully saturated rings. The zero-order valence-corrected chi connectivity index (χ0v) is 13.6. The van der Waals surface area contributed by atoms with E-state index in [0.29, 0.717) is 28.9 Å². The number of halogens is 5. The summed E-state index contributed by atoms with van der Waals surface area (Å²) >= 11 is 6.04. The van der Waals surface area contributed by atoms with Crippen LogP contribution in [0.5, 0.6) is 0 Å². The fourth-order valence-corrected chi connectivity index (χ4v) is 2.42. The number of rotatable bonds is 3. The molecule has 4 nitrogen and oxygen atoms in total. The molecule has 0 aliphatic rings. The summed E-state index contributed by atoms with van der Waals surface area (Å²) in [7, 11) is 0. The predicted molar refractivity (Wildman–Crippen MR) is 87.9 cm³/mol. The summed E-state index contributed by atoms with van der Waals surface area (Å²) < 4.78 is 53.3. The minimum atomic E-state index is -4.65. The van der Waals surface area contributed by atoms with Crippen LogP contribution < -0.4 is 5.32 Å². The Balaban J connectivity index is 1.85. The fraction of sp³-hybridized carbons (Fsp3) is 0.0588. The molecule has 1 aromatic heterocycles. The van der Waals surface area contributed by atoms with Crippen LogP contribution in [0.2, 0.25) is 5.02 Å². The van der Waals surface area contributed by atoms with Crippen LogP contribution >= 0.6 is 11.6 Å². The van der Waals surface area contributed by atoms with Crippen molar-refractivity contribution in [2.24, 2.45) is 0 Å². The second kappa shape index (κ2) is 6.80. The van der Waals surface area contributed by atoms with Crippen LogP contribution in [-0.2, 0) is 6.18 Å². The fourth-order valence-electron chi connectivity index (χ4n) is 2.20. The molecule has 0 spiro atoms. The highest BCUT2D eigenvalue weighted by atomic mass is 35.5. The molecular weight excluding hydrogens is 374 g/mol. The number of amides is 1. The molecule has 0 aliphatic carbocycles. The van der Waals surface area contributed by atoms with E-state index in [1.165, 1.54) is 17.1 Å². The Morgan fingerprint density at radius 2 is 1.88 bits per heavy atom. The summed E-state index contributed by atoms with van der Waals surface area (Å²) in [5.74, 6) is -1.79. The maximum Gasteiger partial charge on any atom is 0.416 e. The predicted octanol–water partition coefficient (Wildman–Crippen LogP) is 4.94. The Morgan fingerprint density at radius 1 is 1.15 bits per heavy atom. The summed E-state index contributed by atoms with van der Waals surface area (Å²) in [6.45, 7) is 0. The number of nitrogens with one attached hydrogen (secondary N) is 1. The molecule has 1 heterocycles. The summed E-state index contributed by atoms with van der Waals surface area (Å²) in [4.78, 5) is 12.2. The van der Waals surface area contributed by atoms with Crippen LogP contribution in [0.4, 0.5) is 23.2 Å². The normalized spacial score (nSPS) is 11.4. The highest BCUT2D eigenvalue weighted by Crippen LogP contribution is 2.32. The quantitative estimate of drug-likeness (QED) is 0.651. The summed E-state index contributed by atoms with van der Waals surface area (Å²) in [5.41, 5.74) is -1.10. The van der Waals surface area contributed by atoms with Gasteiger partial charge in [-0.1, -0.05) is 23.7 Å². The van der Waals surface area contributed by atoms with E-state index in [0.717, 1.165) is 0 Å². The molecule has 0 radical (unpaired) electrons. The zero-order valence-electron chi connectivity index (χ0n) is 12.9. The number of para-hydroxylation sites is 1. The monoisotopic (exact) mass is 383 g/mol. The largest absolute Gasteiger partial charge is 0.416 e. The van der Waals surface area contributed by atoms with E-state index in [1.54, 1.807) is 24.3 Å². The molecule has 0 saturated heterocycles. The Hall–Kier alpha value is -2.87. The van der Waals surface area contributed by atoms with Crippen LogP contribution in [0.1, 0.15) is 15.9 Å². The molecule has 9 heteroatoms. The molecule has 0 unspecified atom stereocenters. The number of anilines is 1. The molecule has 134 valence electrons. The Morgan fingerprint density at radius 3 is 2.58 bits per heavy atom. The van der Waals surface area contributed by atoms with E-state index >= 15 is 0 Å². The molecular formula is C17H10ClF4N3O. The van der Waals surface area contributed by atoms with Gasteiger partial charge in [0, 0.05) is 6.20 Å². The highest BCUT2D eigenvalue weighted by Gasteiger charge is 2.31. The number of nitrogens with zero attached hydrogens (tertiary/aromatic N) is 2. The SMILES string of the molecule is O=C(Nc1cc(C(F)(F)F)ccc1F)c1cnn(-c2ccccc2Cl)c1. The summed E-state index contributed by atoms with van der Waals surface area (Å²) in [5, 5.41) is 6.50. The van der Waals surface area contributed by atoms with Gasteiger partial charge in [-0.3, -0.25) is 4.79 Å². The molecule has 0 atom stereocenters. The molecule has 0 aliphatic heterocycles. The maximum absolute atomic E-state index is 13.7. The Kier molecular flexibility index (Phi) is 4.69. The number of benzene rings is 2. The van der Waals surface area contributed by atoms with Gasteiger partial charge in [0.15, 0.2) is 0 Å². The summed E-state index contributed by atoms with van der Waals surface area (Å²) in [6, 6.07) is 8.53. The van der Waals surface area contributed by atoms with Gasteiger partial charge >= 0.3 is 6.18 Å². The topological polar surface area (TPSA) is 46.9 Å². The van der Waals surface area contributed by atoms with Gasteiger partial charge in [-0.15, -0.1) is 0 Å². The van der Waals surface area contributed by atoms with Crippen LogP contribution in [0.25, 0.3) is 5.69 Å². The van der Waals surface area contributed by atoms with Crippen LogP contribution in [0, 0.1) is 5.82 Å². The average molecular weight is 384 g/mol. The third-order valence-corrected chi connectivity index (χ3v) is 3.81. The number of hydrogen-bond donors (Lipinski definition) is 1. The minimum Gasteiger partial charge on any atom is -0.319 e. The number of alkyl halides is 3. The smallest absolute Gasteiger partial charge is 0.319 e. The van der Waals surface area contributed by atoms with Crippen molar-refractivity contribution < 1.29 is 22.4 Å². The van der Waals surface area contributed by atoms with E-state index < -0.39 is 29.2 Å². The lowest BCUT2D eigenvalue weighted by Crippen LogP contribution is -2.14. The van der Waals surface area contributed by atoms with Crippen molar-refractivity contribution in [3.8, 4) is 5.69 Å². The van der Waals surface area contributed by atoms with Gasteiger partial charge in [-0.25, -0.2) is 9.07 Å². The third-order valence-electron chi connectivity index (χ3n) is 3.49. The van der Waals surface area contributed by atoms with Gasteiger partial charge in [0.1, 0.15) is 5.82 Å². The van der Waals surface area contributed by atoms with Crippen molar-refractivity contribution in [2.75, 3.05) is 5.32 Å². The van der Waals surface area contributed by atoms with E-state index in [2.05, 4.69) is 10.4 Å². The molecule has 3 rings (SSSR count). The zero-order chi connectivity index (χ0) is 18.9. The van der Waals surface area contributed by atoms with Crippen molar-refractivity contribution in [2.45, 2.75) is 6.18 Å². The second-order valence-electron chi connectivity index (χ2n) is 5.27. The molecule has 26 heavy (non-hydrogen) atoms. The number of carbonyl (C=O) groups excluding carboxylic acids is 1. The molecule has 0 saturated carbocycles. The minimum absolute atomic E-state index is 0.0294. The maximum atomic E-state index is 13.7. The summed E-state index contributed by atoms with van der Waals surface area (Å²) in [6.07, 6.45) is -2.12. The molecule has 3 aromatic rings. The van der Waals surface area contributed by atoms with Crippen molar-refractivity contribution in [1.29, 1.82) is 0 Å². The lowest BCUT2D eigenvalue weighted by Gasteiger charge is -2.10. The number of carbonyl (C=O) groups is 1. The van der Waals surface area contributed by atoms with Crippen molar-refractivity contribution in [3.05, 3.63) is 76.8 Å². The Bertz CT molecular complexity index is 969. The van der Waals surface area contributed by atoms with Crippen LogP contribution in [-0.4, -0.2) is 15.7 Å². The standard InChI is InChI=1S/C17H10ClF4N3O/c18-12-3-1-2-4-15(12)25-9-10(8-23-25)16(26)24-14-7-11(17(20,21)22)5-6-13(14)19/h1-9H,(H,24,26). The lowest BCUT2D eigenvalue weighted by molar-refractivity contribution is -0.137. The average Bonchev–Trinajstić information content (AvgIpc) is 3.06. The van der Waals surface area contributed by atoms with Gasteiger partial charge < -0.3 is 5.32 Å². The first kappa shape index (κ1) is 17.9. The van der Waals surface area contributed by atoms with E-state index in [4.69, 9.17) is 11.6 Å². The van der Waals surface area contributed by atoms with Crippen LogP contribution in [0.3, 0.4) is 0 Å². The van der Waals surface area contributed by atoms with E-state index in [1.807, 2.05) is 0 Å². The van der Waals surface area contributed by atoms with Gasteiger partial charge in [-0.05, 0) is 30.3 Å².